The fraction of sp³-hybridized carbons (Fsp3) is 0.264. The first-order valence-electron chi connectivity index (χ1n) is 27.4. The first-order chi connectivity index (χ1) is 36.5. The van der Waals surface area contributed by atoms with Gasteiger partial charge >= 0.3 is 0 Å². The molecule has 0 spiro atoms. The molecule has 0 bridgehead atoms. The number of rotatable bonds is 10. The SMILES string of the molecule is CC(C)(C)c1cc(N2CN(c3cc(Oc4ccc5c6cc(-c7ccccc7)ccc6n(-c6cc(C(C)(C)C)ccn6)c5c4)cc(C(C)(C)c4ccccc4)c3)c3cc(C(C)(C)C)ccc32)cc(C(C)(C)c2ccccc2)c1. The Hall–Kier alpha value is -7.89. The highest BCUT2D eigenvalue weighted by molar-refractivity contribution is 6.10. The van der Waals surface area contributed by atoms with Gasteiger partial charge in [-0.25, -0.2) is 4.98 Å². The highest BCUT2D eigenvalue weighted by atomic mass is 16.5. The number of fused-ring (bicyclic) bond motifs is 4. The molecule has 0 aliphatic carbocycles. The minimum absolute atomic E-state index is 0.0542. The molecule has 11 rings (SSSR count). The van der Waals surface area contributed by atoms with Gasteiger partial charge in [-0.1, -0.05) is 199 Å². The van der Waals surface area contributed by atoms with E-state index in [-0.39, 0.29) is 27.1 Å². The van der Waals surface area contributed by atoms with E-state index < -0.39 is 0 Å². The van der Waals surface area contributed by atoms with Crippen LogP contribution >= 0.6 is 0 Å². The predicted molar refractivity (Wildman–Crippen MR) is 326 cm³/mol. The molecule has 0 fully saturated rings. The highest BCUT2D eigenvalue weighted by Gasteiger charge is 2.35. The van der Waals surface area contributed by atoms with Crippen molar-refractivity contribution in [2.24, 2.45) is 0 Å². The summed E-state index contributed by atoms with van der Waals surface area (Å²) in [5, 5.41) is 2.31. The maximum absolute atomic E-state index is 7.27. The fourth-order valence-electron chi connectivity index (χ4n) is 11.2. The summed E-state index contributed by atoms with van der Waals surface area (Å²) in [6.07, 6.45) is 1.95. The highest BCUT2D eigenvalue weighted by Crippen LogP contribution is 2.50. The number of aromatic nitrogens is 2. The summed E-state index contributed by atoms with van der Waals surface area (Å²) in [7, 11) is 0. The van der Waals surface area contributed by atoms with Crippen LogP contribution in [-0.4, -0.2) is 16.2 Å². The molecule has 1 aliphatic heterocycles. The van der Waals surface area contributed by atoms with Gasteiger partial charge in [0.05, 0.1) is 22.4 Å². The van der Waals surface area contributed by atoms with Gasteiger partial charge in [-0.3, -0.25) is 4.57 Å². The van der Waals surface area contributed by atoms with Crippen molar-refractivity contribution in [3.05, 3.63) is 239 Å². The van der Waals surface area contributed by atoms with Crippen molar-refractivity contribution in [3.8, 4) is 28.4 Å². The van der Waals surface area contributed by atoms with Crippen molar-refractivity contribution in [1.82, 2.24) is 9.55 Å². The molecule has 0 saturated carbocycles. The van der Waals surface area contributed by atoms with Crippen molar-refractivity contribution in [2.45, 2.75) is 117 Å². The number of nitrogens with zero attached hydrogens (tertiary/aromatic N) is 4. The predicted octanol–water partition coefficient (Wildman–Crippen LogP) is 19.4. The van der Waals surface area contributed by atoms with Crippen molar-refractivity contribution >= 4 is 44.6 Å². The second kappa shape index (κ2) is 19.0. The van der Waals surface area contributed by atoms with E-state index in [0.29, 0.717) is 6.67 Å². The maximum Gasteiger partial charge on any atom is 0.137 e. The monoisotopic (exact) mass is 1010 g/mol. The van der Waals surface area contributed by atoms with Gasteiger partial charge in [-0.05, 0) is 139 Å². The Morgan fingerprint density at radius 2 is 0.922 bits per heavy atom. The third kappa shape index (κ3) is 9.71. The van der Waals surface area contributed by atoms with Gasteiger partial charge in [0.1, 0.15) is 24.0 Å². The topological polar surface area (TPSA) is 33.5 Å². The lowest BCUT2D eigenvalue weighted by Gasteiger charge is -2.32. The molecule has 2 aromatic heterocycles. The molecule has 0 unspecified atom stereocenters. The molecular formula is C72H74N4O. The van der Waals surface area contributed by atoms with Crippen LogP contribution in [0.25, 0.3) is 38.8 Å². The summed E-state index contributed by atoms with van der Waals surface area (Å²) in [6.45, 7) is 30.7. The van der Waals surface area contributed by atoms with Crippen molar-refractivity contribution in [1.29, 1.82) is 0 Å². The molecule has 5 heteroatoms. The zero-order valence-corrected chi connectivity index (χ0v) is 47.5. The van der Waals surface area contributed by atoms with Gasteiger partial charge in [0.15, 0.2) is 0 Å². The van der Waals surface area contributed by atoms with Gasteiger partial charge in [0.2, 0.25) is 0 Å². The third-order valence-corrected chi connectivity index (χ3v) is 16.4. The Labute approximate surface area is 457 Å². The van der Waals surface area contributed by atoms with Crippen LogP contribution in [0.5, 0.6) is 11.5 Å². The summed E-state index contributed by atoms with van der Waals surface area (Å²) >= 11 is 0. The van der Waals surface area contributed by atoms with Crippen LogP contribution in [0, 0.1) is 0 Å². The molecule has 77 heavy (non-hydrogen) atoms. The van der Waals surface area contributed by atoms with Gasteiger partial charge in [0.25, 0.3) is 0 Å². The summed E-state index contributed by atoms with van der Waals surface area (Å²) in [4.78, 5) is 10.1. The molecule has 0 N–H and O–H groups in total. The van der Waals surface area contributed by atoms with Crippen LogP contribution in [0.15, 0.2) is 200 Å². The van der Waals surface area contributed by atoms with Crippen molar-refractivity contribution < 1.29 is 4.74 Å². The van der Waals surface area contributed by atoms with Crippen LogP contribution in [0.3, 0.4) is 0 Å². The molecule has 8 aromatic carbocycles. The first kappa shape index (κ1) is 51.2. The van der Waals surface area contributed by atoms with E-state index in [0.717, 1.165) is 45.0 Å². The van der Waals surface area contributed by atoms with Gasteiger partial charge in [-0.15, -0.1) is 0 Å². The zero-order chi connectivity index (χ0) is 54.2. The summed E-state index contributed by atoms with van der Waals surface area (Å²) in [5.41, 5.74) is 17.1. The molecule has 1 aliphatic rings. The Morgan fingerprint density at radius 3 is 1.55 bits per heavy atom. The molecule has 10 aromatic rings. The second-order valence-electron chi connectivity index (χ2n) is 25.5. The molecule has 388 valence electrons. The average Bonchev–Trinajstić information content (AvgIpc) is 4.11. The summed E-state index contributed by atoms with van der Waals surface area (Å²) < 4.78 is 9.58. The molecule has 0 saturated heterocycles. The van der Waals surface area contributed by atoms with Gasteiger partial charge in [-0.2, -0.15) is 0 Å². The Kier molecular flexibility index (Phi) is 12.6. The van der Waals surface area contributed by atoms with E-state index >= 15 is 0 Å². The Bertz CT molecular complexity index is 3810. The Balaban J connectivity index is 1.08. The number of anilines is 4. The lowest BCUT2D eigenvalue weighted by atomic mass is 9.75. The van der Waals surface area contributed by atoms with E-state index in [1.807, 2.05) is 6.20 Å². The smallest absolute Gasteiger partial charge is 0.137 e. The third-order valence-electron chi connectivity index (χ3n) is 16.4. The van der Waals surface area contributed by atoms with Crippen molar-refractivity contribution in [3.63, 3.8) is 0 Å². The second-order valence-corrected chi connectivity index (χ2v) is 25.5. The lowest BCUT2D eigenvalue weighted by Crippen LogP contribution is -2.27. The summed E-state index contributed by atoms with van der Waals surface area (Å²) in [5.74, 6) is 2.41. The molecular weight excluding hydrogens is 937 g/mol. The Morgan fingerprint density at radius 1 is 0.364 bits per heavy atom. The molecule has 0 radical (unpaired) electrons. The van der Waals surface area contributed by atoms with E-state index in [9.17, 15) is 0 Å². The molecule has 3 heterocycles. The summed E-state index contributed by atoms with van der Waals surface area (Å²) in [6, 6.07) is 71.5. The van der Waals surface area contributed by atoms with Gasteiger partial charge < -0.3 is 14.5 Å². The van der Waals surface area contributed by atoms with E-state index in [4.69, 9.17) is 9.72 Å². The van der Waals surface area contributed by atoms with E-state index in [1.54, 1.807) is 0 Å². The molecule has 0 atom stereocenters. The first-order valence-corrected chi connectivity index (χ1v) is 27.4. The van der Waals surface area contributed by atoms with Crippen LogP contribution in [0.2, 0.25) is 0 Å². The minimum Gasteiger partial charge on any atom is -0.457 e. The minimum atomic E-state index is -0.361. The number of pyridine rings is 1. The largest absolute Gasteiger partial charge is 0.457 e. The number of hydrogen-bond donors (Lipinski definition) is 0. The standard InChI is InChI=1S/C72H74N4O/c1-68(2,3)52-30-34-64-66(43-52)75(47-74(64)57-39-54(70(7,8)9)38-55(40-57)71(10,11)50-25-19-15-20-26-50)58-41-56(72(12,13)51-27-21-16-22-28-51)42-60(45-58)77-59-31-32-61-62-37-49(48-23-17-14-18-24-48)29-33-63(62)76(65(61)46-59)67-44-53(35-36-73-67)69(4,5)6/h14-46H,47H2,1-13H3. The number of ether oxygens (including phenoxy) is 1. The quantitative estimate of drug-likeness (QED) is 0.137. The average molecular weight is 1010 g/mol. The zero-order valence-electron chi connectivity index (χ0n) is 47.5. The van der Waals surface area contributed by atoms with Crippen LogP contribution < -0.4 is 14.5 Å². The van der Waals surface area contributed by atoms with E-state index in [1.165, 1.54) is 67.0 Å². The number of benzene rings is 8. The van der Waals surface area contributed by atoms with Crippen molar-refractivity contribution in [2.75, 3.05) is 16.5 Å². The normalized spacial score (nSPS) is 13.4. The van der Waals surface area contributed by atoms with E-state index in [2.05, 4.69) is 298 Å². The molecule has 0 amide bonds. The van der Waals surface area contributed by atoms with Gasteiger partial charge in [0, 0.05) is 51.3 Å². The number of hydrogen-bond acceptors (Lipinski definition) is 4. The lowest BCUT2D eigenvalue weighted by molar-refractivity contribution is 0.480. The molecule has 5 nitrogen and oxygen atoms in total. The fourth-order valence-corrected chi connectivity index (χ4v) is 11.2. The van der Waals surface area contributed by atoms with Crippen LogP contribution in [-0.2, 0) is 27.1 Å². The van der Waals surface area contributed by atoms with Crippen LogP contribution in [0.4, 0.5) is 22.7 Å². The maximum atomic E-state index is 7.27. The van der Waals surface area contributed by atoms with Crippen LogP contribution in [0.1, 0.15) is 129 Å².